The molecule has 5 amide bonds. The van der Waals surface area contributed by atoms with E-state index in [1.54, 1.807) is 61.5 Å². The van der Waals surface area contributed by atoms with E-state index in [-0.39, 0.29) is 23.6 Å². The molecule has 8 nitrogen and oxygen atoms in total. The summed E-state index contributed by atoms with van der Waals surface area (Å²) in [5.41, 5.74) is 2.35. The predicted octanol–water partition coefficient (Wildman–Crippen LogP) is 5.29. The van der Waals surface area contributed by atoms with Crippen molar-refractivity contribution in [1.82, 2.24) is 5.32 Å². The average molecular weight is 538 g/mol. The van der Waals surface area contributed by atoms with Gasteiger partial charge in [-0.1, -0.05) is 53.5 Å². The first-order valence-electron chi connectivity index (χ1n) is 11.1. The highest BCUT2D eigenvalue weighted by Crippen LogP contribution is 2.29. The van der Waals surface area contributed by atoms with Gasteiger partial charge in [-0.2, -0.15) is 0 Å². The quantitative estimate of drug-likeness (QED) is 0.328. The Labute approximate surface area is 222 Å². The second kappa shape index (κ2) is 10.9. The van der Waals surface area contributed by atoms with Crippen LogP contribution in [0.2, 0.25) is 10.0 Å². The molecule has 4 rings (SSSR count). The molecule has 0 aliphatic carbocycles. The number of halogens is 2. The fourth-order valence-electron chi connectivity index (χ4n) is 3.60. The van der Waals surface area contributed by atoms with Crippen LogP contribution < -0.4 is 20.3 Å². The van der Waals surface area contributed by atoms with E-state index >= 15 is 0 Å². The summed E-state index contributed by atoms with van der Waals surface area (Å²) in [6.07, 6.45) is 1.31. The number of urea groups is 1. The maximum Gasteiger partial charge on any atom is 0.335 e. The molecule has 0 saturated carbocycles. The summed E-state index contributed by atoms with van der Waals surface area (Å²) in [6, 6.07) is 15.6. The second-order valence-electron chi connectivity index (χ2n) is 8.23. The third kappa shape index (κ3) is 5.82. The number of para-hydroxylation sites is 1. The van der Waals surface area contributed by atoms with Crippen LogP contribution in [0.3, 0.4) is 0 Å². The predicted molar refractivity (Wildman–Crippen MR) is 142 cm³/mol. The van der Waals surface area contributed by atoms with Crippen LogP contribution >= 0.6 is 23.2 Å². The first-order valence-corrected chi connectivity index (χ1v) is 11.8. The van der Waals surface area contributed by atoms with Crippen molar-refractivity contribution in [3.8, 4) is 5.75 Å². The van der Waals surface area contributed by atoms with E-state index in [0.29, 0.717) is 26.9 Å². The van der Waals surface area contributed by atoms with E-state index in [2.05, 4.69) is 10.6 Å². The van der Waals surface area contributed by atoms with Crippen LogP contribution in [0.15, 0.2) is 66.2 Å². The van der Waals surface area contributed by atoms with Crippen LogP contribution in [0, 0.1) is 13.8 Å². The zero-order valence-corrected chi connectivity index (χ0v) is 21.3. The number of ether oxygens (including phenoxy) is 1. The Morgan fingerprint density at radius 1 is 1.00 bits per heavy atom. The Balaban J connectivity index is 1.56. The lowest BCUT2D eigenvalue weighted by molar-refractivity contribution is -0.122. The van der Waals surface area contributed by atoms with Crippen LogP contribution in [-0.4, -0.2) is 30.4 Å². The number of hydrogen-bond acceptors (Lipinski definition) is 5. The molecule has 188 valence electrons. The number of benzene rings is 3. The molecule has 10 heteroatoms. The lowest BCUT2D eigenvalue weighted by Crippen LogP contribution is -2.54. The van der Waals surface area contributed by atoms with E-state index in [1.165, 1.54) is 12.1 Å². The Kier molecular flexibility index (Phi) is 7.61. The molecule has 1 heterocycles. The molecule has 0 spiro atoms. The smallest absolute Gasteiger partial charge is 0.335 e. The topological polar surface area (TPSA) is 105 Å². The highest BCUT2D eigenvalue weighted by Gasteiger charge is 2.37. The van der Waals surface area contributed by atoms with Crippen molar-refractivity contribution in [2.75, 3.05) is 16.8 Å². The Morgan fingerprint density at radius 2 is 1.73 bits per heavy atom. The van der Waals surface area contributed by atoms with Gasteiger partial charge in [-0.3, -0.25) is 19.7 Å². The third-order valence-electron chi connectivity index (χ3n) is 5.55. The highest BCUT2D eigenvalue weighted by molar-refractivity contribution is 6.39. The summed E-state index contributed by atoms with van der Waals surface area (Å²) in [5, 5.41) is 5.73. The average Bonchev–Trinajstić information content (AvgIpc) is 2.85. The summed E-state index contributed by atoms with van der Waals surface area (Å²) < 4.78 is 5.67. The van der Waals surface area contributed by atoms with Crippen molar-refractivity contribution in [3.63, 3.8) is 0 Å². The normalized spacial score (nSPS) is 14.5. The largest absolute Gasteiger partial charge is 0.483 e. The molecule has 0 atom stereocenters. The lowest BCUT2D eigenvalue weighted by Gasteiger charge is -2.27. The van der Waals surface area contributed by atoms with Gasteiger partial charge in [0.2, 0.25) is 0 Å². The zero-order valence-electron chi connectivity index (χ0n) is 19.8. The number of rotatable bonds is 6. The van der Waals surface area contributed by atoms with Crippen LogP contribution in [0.4, 0.5) is 16.2 Å². The van der Waals surface area contributed by atoms with Crippen molar-refractivity contribution in [3.05, 3.63) is 93.0 Å². The van der Waals surface area contributed by atoms with Crippen LogP contribution in [0.25, 0.3) is 6.08 Å². The Bertz CT molecular complexity index is 1470. The van der Waals surface area contributed by atoms with Gasteiger partial charge in [0, 0.05) is 21.3 Å². The van der Waals surface area contributed by atoms with Crippen molar-refractivity contribution < 1.29 is 23.9 Å². The molecule has 0 radical (unpaired) electrons. The first kappa shape index (κ1) is 25.9. The zero-order chi connectivity index (χ0) is 26.7. The second-order valence-corrected chi connectivity index (χ2v) is 9.07. The van der Waals surface area contributed by atoms with Crippen molar-refractivity contribution >= 4 is 64.4 Å². The number of imide groups is 2. The minimum absolute atomic E-state index is 0.255. The van der Waals surface area contributed by atoms with Crippen molar-refractivity contribution in [1.29, 1.82) is 0 Å². The minimum Gasteiger partial charge on any atom is -0.483 e. The molecule has 3 aromatic carbocycles. The minimum atomic E-state index is -0.880. The fourth-order valence-corrected chi connectivity index (χ4v) is 3.94. The summed E-state index contributed by atoms with van der Waals surface area (Å²) in [5.74, 6) is -1.84. The van der Waals surface area contributed by atoms with Gasteiger partial charge in [-0.05, 0) is 61.4 Å². The number of carbonyl (C=O) groups is 4. The number of nitrogens with zero attached hydrogens (tertiary/aromatic N) is 1. The summed E-state index contributed by atoms with van der Waals surface area (Å²) in [7, 11) is 0. The van der Waals surface area contributed by atoms with Gasteiger partial charge < -0.3 is 10.1 Å². The van der Waals surface area contributed by atoms with Crippen molar-refractivity contribution in [2.45, 2.75) is 13.8 Å². The first-order chi connectivity index (χ1) is 17.6. The lowest BCUT2D eigenvalue weighted by atomic mass is 10.1. The number of anilines is 2. The van der Waals surface area contributed by atoms with Gasteiger partial charge in [0.25, 0.3) is 17.7 Å². The maximum atomic E-state index is 13.3. The van der Waals surface area contributed by atoms with Gasteiger partial charge in [-0.25, -0.2) is 9.69 Å². The van der Waals surface area contributed by atoms with Gasteiger partial charge >= 0.3 is 6.03 Å². The van der Waals surface area contributed by atoms with E-state index in [1.807, 2.05) is 6.92 Å². The van der Waals surface area contributed by atoms with E-state index in [0.717, 1.165) is 10.5 Å². The molecular formula is C27H21Cl2N3O5. The van der Waals surface area contributed by atoms with Crippen molar-refractivity contribution in [2.24, 2.45) is 0 Å². The number of nitrogens with one attached hydrogen (secondary N) is 2. The number of carbonyl (C=O) groups excluding carboxylic acids is 4. The summed E-state index contributed by atoms with van der Waals surface area (Å²) in [4.78, 5) is 51.7. The van der Waals surface area contributed by atoms with Crippen LogP contribution in [-0.2, 0) is 14.4 Å². The van der Waals surface area contributed by atoms with Gasteiger partial charge in [0.1, 0.15) is 11.3 Å². The maximum absolute atomic E-state index is 13.3. The molecule has 0 unspecified atom stereocenters. The van der Waals surface area contributed by atoms with Gasteiger partial charge in [0.05, 0.1) is 5.69 Å². The number of barbiturate groups is 1. The molecular weight excluding hydrogens is 517 g/mol. The number of hydrogen-bond donors (Lipinski definition) is 2. The highest BCUT2D eigenvalue weighted by atomic mass is 35.5. The molecule has 1 saturated heterocycles. The Morgan fingerprint density at radius 3 is 2.49 bits per heavy atom. The SMILES string of the molecule is Cc1ccc(NC(=O)COc2ccccc2/C=C2\C(=O)NC(=O)N(c3cc(Cl)ccc3C)C2=O)cc1Cl. The molecule has 3 aromatic rings. The molecule has 2 N–H and O–H groups in total. The van der Waals surface area contributed by atoms with Gasteiger partial charge in [0.15, 0.2) is 6.61 Å². The fraction of sp³-hybridized carbons (Fsp3) is 0.111. The molecule has 0 bridgehead atoms. The van der Waals surface area contributed by atoms with E-state index in [9.17, 15) is 19.2 Å². The third-order valence-corrected chi connectivity index (χ3v) is 6.19. The van der Waals surface area contributed by atoms with Crippen LogP contribution in [0.1, 0.15) is 16.7 Å². The molecule has 1 aliphatic rings. The molecule has 0 aromatic heterocycles. The standard InChI is InChI=1S/C27H21Cl2N3O5/c1-15-8-10-19(13-21(15)29)30-24(33)14-37-23-6-4-3-5-17(23)11-20-25(34)31-27(36)32(26(20)35)22-12-18(28)9-7-16(22)2/h3-13H,14H2,1-2H3,(H,30,33)(H,31,34,36)/b20-11+. The Hall–Kier alpha value is -4.14. The molecule has 37 heavy (non-hydrogen) atoms. The molecule has 1 fully saturated rings. The van der Waals surface area contributed by atoms with Gasteiger partial charge in [-0.15, -0.1) is 0 Å². The summed E-state index contributed by atoms with van der Waals surface area (Å²) in [6.45, 7) is 3.23. The van der Waals surface area contributed by atoms with E-state index in [4.69, 9.17) is 27.9 Å². The monoisotopic (exact) mass is 537 g/mol. The summed E-state index contributed by atoms with van der Waals surface area (Å²) >= 11 is 12.2. The molecule has 1 aliphatic heterocycles. The number of aryl methyl sites for hydroxylation is 2. The van der Waals surface area contributed by atoms with E-state index < -0.39 is 23.8 Å². The van der Waals surface area contributed by atoms with Crippen LogP contribution in [0.5, 0.6) is 5.75 Å². The number of amides is 5.